The van der Waals surface area contributed by atoms with Gasteiger partial charge < -0.3 is 15.0 Å². The molecule has 2 heterocycles. The summed E-state index contributed by atoms with van der Waals surface area (Å²) in [6.45, 7) is 4.59. The van der Waals surface area contributed by atoms with E-state index >= 15 is 0 Å². The van der Waals surface area contributed by atoms with Crippen molar-refractivity contribution in [3.05, 3.63) is 0 Å². The van der Waals surface area contributed by atoms with E-state index in [0.29, 0.717) is 19.1 Å². The van der Waals surface area contributed by atoms with E-state index in [9.17, 15) is 4.79 Å². The van der Waals surface area contributed by atoms with Crippen LogP contribution in [0.1, 0.15) is 38.5 Å². The molecule has 0 atom stereocenters. The Morgan fingerprint density at radius 2 is 1.88 bits per heavy atom. The molecule has 0 unspecified atom stereocenters. The Balaban J connectivity index is 1.58. The fourth-order valence-corrected chi connectivity index (χ4v) is 2.58. The van der Waals surface area contributed by atoms with Crippen LogP contribution >= 0.6 is 0 Å². The Morgan fingerprint density at radius 3 is 2.59 bits per heavy atom. The predicted octanol–water partition coefficient (Wildman–Crippen LogP) is 1.16. The van der Waals surface area contributed by atoms with E-state index in [1.54, 1.807) is 0 Å². The molecule has 1 amide bonds. The second-order valence-electron chi connectivity index (χ2n) is 5.01. The zero-order valence-corrected chi connectivity index (χ0v) is 10.6. The van der Waals surface area contributed by atoms with E-state index in [4.69, 9.17) is 4.74 Å². The van der Waals surface area contributed by atoms with Crippen LogP contribution in [-0.2, 0) is 9.53 Å². The zero-order chi connectivity index (χ0) is 11.9. The number of piperidine rings is 2. The van der Waals surface area contributed by atoms with E-state index < -0.39 is 0 Å². The van der Waals surface area contributed by atoms with E-state index in [0.717, 1.165) is 39.0 Å². The summed E-state index contributed by atoms with van der Waals surface area (Å²) in [5.41, 5.74) is 0. The van der Waals surface area contributed by atoms with E-state index in [2.05, 4.69) is 5.32 Å². The molecule has 0 aromatic carbocycles. The van der Waals surface area contributed by atoms with Gasteiger partial charge >= 0.3 is 0 Å². The molecule has 2 fully saturated rings. The van der Waals surface area contributed by atoms with Crippen molar-refractivity contribution in [2.75, 3.05) is 32.8 Å². The van der Waals surface area contributed by atoms with Gasteiger partial charge in [-0.05, 0) is 45.2 Å². The number of hydrogen-bond acceptors (Lipinski definition) is 3. The van der Waals surface area contributed by atoms with Crippen LogP contribution in [0.4, 0.5) is 0 Å². The monoisotopic (exact) mass is 240 g/mol. The molecule has 2 aliphatic rings. The van der Waals surface area contributed by atoms with Crippen LogP contribution in [0.25, 0.3) is 0 Å². The molecular formula is C13H24N2O2. The van der Waals surface area contributed by atoms with Crippen LogP contribution in [0, 0.1) is 0 Å². The lowest BCUT2D eigenvalue weighted by Gasteiger charge is -2.27. The van der Waals surface area contributed by atoms with Gasteiger partial charge in [0, 0.05) is 13.1 Å². The summed E-state index contributed by atoms with van der Waals surface area (Å²) in [5.74, 6) is 0.277. The number of amides is 1. The highest BCUT2D eigenvalue weighted by Crippen LogP contribution is 2.11. The fourth-order valence-electron chi connectivity index (χ4n) is 2.58. The molecule has 0 aromatic rings. The molecule has 17 heavy (non-hydrogen) atoms. The van der Waals surface area contributed by atoms with Gasteiger partial charge in [-0.1, -0.05) is 0 Å². The van der Waals surface area contributed by atoms with Crippen LogP contribution in [0.3, 0.4) is 0 Å². The van der Waals surface area contributed by atoms with Crippen molar-refractivity contribution in [3.63, 3.8) is 0 Å². The maximum Gasteiger partial charge on any atom is 0.224 e. The van der Waals surface area contributed by atoms with Gasteiger partial charge in [0.05, 0.1) is 19.1 Å². The van der Waals surface area contributed by atoms with Gasteiger partial charge in [-0.25, -0.2) is 0 Å². The molecule has 0 spiro atoms. The smallest absolute Gasteiger partial charge is 0.224 e. The molecule has 0 aromatic heterocycles. The predicted molar refractivity (Wildman–Crippen MR) is 66.9 cm³/mol. The molecule has 2 rings (SSSR count). The van der Waals surface area contributed by atoms with Crippen molar-refractivity contribution >= 4 is 5.91 Å². The van der Waals surface area contributed by atoms with Crippen LogP contribution in [0.2, 0.25) is 0 Å². The van der Waals surface area contributed by atoms with Gasteiger partial charge in [0.25, 0.3) is 0 Å². The normalized spacial score (nSPS) is 22.7. The van der Waals surface area contributed by atoms with Crippen molar-refractivity contribution in [1.82, 2.24) is 10.2 Å². The van der Waals surface area contributed by atoms with Crippen LogP contribution in [-0.4, -0.2) is 49.7 Å². The number of nitrogens with one attached hydrogen (secondary N) is 1. The van der Waals surface area contributed by atoms with Gasteiger partial charge in [0.2, 0.25) is 5.91 Å². The third kappa shape index (κ3) is 4.28. The topological polar surface area (TPSA) is 41.6 Å². The number of ether oxygens (including phenoxy) is 1. The summed E-state index contributed by atoms with van der Waals surface area (Å²) in [7, 11) is 0. The second kappa shape index (κ2) is 6.97. The first kappa shape index (κ1) is 12.8. The fraction of sp³-hybridized carbons (Fsp3) is 0.923. The summed E-state index contributed by atoms with van der Waals surface area (Å²) in [5, 5.41) is 3.31. The summed E-state index contributed by atoms with van der Waals surface area (Å²) in [6.07, 6.45) is 6.70. The number of rotatable bonds is 4. The molecule has 0 aliphatic carbocycles. The quantitative estimate of drug-likeness (QED) is 0.801. The Labute approximate surface area is 104 Å². The highest BCUT2D eigenvalue weighted by Gasteiger charge is 2.17. The van der Waals surface area contributed by atoms with Gasteiger partial charge in [-0.15, -0.1) is 0 Å². The van der Waals surface area contributed by atoms with E-state index in [1.165, 1.54) is 19.3 Å². The summed E-state index contributed by atoms with van der Waals surface area (Å²) in [6, 6.07) is 0. The van der Waals surface area contributed by atoms with Crippen LogP contribution in [0.5, 0.6) is 0 Å². The van der Waals surface area contributed by atoms with Gasteiger partial charge in [0.1, 0.15) is 0 Å². The maximum absolute atomic E-state index is 11.9. The third-order valence-electron chi connectivity index (χ3n) is 3.66. The second-order valence-corrected chi connectivity index (χ2v) is 5.01. The lowest BCUT2D eigenvalue weighted by Crippen LogP contribution is -2.37. The van der Waals surface area contributed by atoms with Crippen LogP contribution in [0.15, 0.2) is 0 Å². The van der Waals surface area contributed by atoms with Crippen molar-refractivity contribution in [3.8, 4) is 0 Å². The Kier molecular flexibility index (Phi) is 5.26. The molecule has 4 heteroatoms. The first-order valence-electron chi connectivity index (χ1n) is 6.96. The largest absolute Gasteiger partial charge is 0.378 e. The molecule has 4 nitrogen and oxygen atoms in total. The van der Waals surface area contributed by atoms with Crippen LogP contribution < -0.4 is 5.32 Å². The lowest BCUT2D eigenvalue weighted by atomic mass is 10.1. The van der Waals surface area contributed by atoms with Crippen molar-refractivity contribution in [2.45, 2.75) is 44.6 Å². The zero-order valence-electron chi connectivity index (χ0n) is 10.6. The van der Waals surface area contributed by atoms with Crippen molar-refractivity contribution in [1.29, 1.82) is 0 Å². The first-order valence-corrected chi connectivity index (χ1v) is 6.96. The van der Waals surface area contributed by atoms with Crippen molar-refractivity contribution in [2.24, 2.45) is 0 Å². The highest BCUT2D eigenvalue weighted by molar-refractivity contribution is 5.76. The summed E-state index contributed by atoms with van der Waals surface area (Å²) in [4.78, 5) is 13.9. The number of nitrogens with zero attached hydrogens (tertiary/aromatic N) is 1. The summed E-state index contributed by atoms with van der Waals surface area (Å²) >= 11 is 0. The third-order valence-corrected chi connectivity index (χ3v) is 3.66. The molecule has 1 N–H and O–H groups in total. The Bertz CT molecular complexity index is 234. The number of carbonyl (C=O) groups is 1. The summed E-state index contributed by atoms with van der Waals surface area (Å²) < 4.78 is 5.76. The number of likely N-dealkylation sites (tertiary alicyclic amines) is 1. The molecule has 0 bridgehead atoms. The molecular weight excluding hydrogens is 216 g/mol. The molecule has 2 saturated heterocycles. The molecule has 0 radical (unpaired) electrons. The van der Waals surface area contributed by atoms with Gasteiger partial charge in [0.15, 0.2) is 0 Å². The van der Waals surface area contributed by atoms with Crippen molar-refractivity contribution < 1.29 is 9.53 Å². The average Bonchev–Trinajstić information content (AvgIpc) is 2.41. The van der Waals surface area contributed by atoms with Gasteiger partial charge in [-0.3, -0.25) is 4.79 Å². The Morgan fingerprint density at radius 1 is 1.18 bits per heavy atom. The molecule has 98 valence electrons. The Hall–Kier alpha value is -0.610. The maximum atomic E-state index is 11.9. The minimum Gasteiger partial charge on any atom is -0.378 e. The minimum absolute atomic E-state index is 0.277. The average molecular weight is 240 g/mol. The number of hydrogen-bond donors (Lipinski definition) is 1. The number of carbonyl (C=O) groups excluding carboxylic acids is 1. The van der Waals surface area contributed by atoms with Gasteiger partial charge in [-0.2, -0.15) is 0 Å². The molecule has 2 aliphatic heterocycles. The highest BCUT2D eigenvalue weighted by atomic mass is 16.5. The van der Waals surface area contributed by atoms with E-state index in [-0.39, 0.29) is 5.91 Å². The molecule has 0 saturated carbocycles. The first-order chi connectivity index (χ1) is 8.36. The minimum atomic E-state index is 0.277. The SMILES string of the molecule is O=C(CCOC1CCNCC1)N1CCCCC1. The van der Waals surface area contributed by atoms with E-state index in [1.807, 2.05) is 4.90 Å². The standard InChI is InChI=1S/C13H24N2O2/c16-13(15-9-2-1-3-10-15)6-11-17-12-4-7-14-8-5-12/h12,14H,1-11H2. The lowest BCUT2D eigenvalue weighted by molar-refractivity contribution is -0.133.